The van der Waals surface area contributed by atoms with Crippen molar-refractivity contribution in [1.29, 1.82) is 0 Å². The van der Waals surface area contributed by atoms with E-state index in [-0.39, 0.29) is 30.8 Å². The third kappa shape index (κ3) is 6.67. The van der Waals surface area contributed by atoms with Gasteiger partial charge in [-0.05, 0) is 50.3 Å². The molecule has 0 radical (unpaired) electrons. The van der Waals surface area contributed by atoms with Crippen molar-refractivity contribution in [2.45, 2.75) is 94.9 Å². The third-order valence-electron chi connectivity index (χ3n) is 10.5. The standard InChI is InChI=1S/C39H46BrN3O7/c1-4-14-24(2)42-20-13-7-12-19-30(45)41-25(3)33(27-17-10-6-11-18-27)49-38(48)31-32-36(46)43(28(23-44)21-26-15-8-5-9-16-26)35(37(42)47)39(32)22-29(40)34(31)50-39/h5-11,13,15-18,22,24-25,28,31-35,44H,4,12,14,19-21,23H2,1-3H3,(H,41,45)/b13-7-/t24?,25-,28-,31+,32-,33+,34+,35+,39-/m1/s1. The first-order chi connectivity index (χ1) is 24.1. The second-order valence-electron chi connectivity index (χ2n) is 13.9. The normalized spacial score (nSPS) is 31.9. The summed E-state index contributed by atoms with van der Waals surface area (Å²) in [5.74, 6) is -3.75. The van der Waals surface area contributed by atoms with E-state index >= 15 is 4.79 Å². The lowest BCUT2D eigenvalue weighted by Crippen LogP contribution is -2.60. The second-order valence-corrected chi connectivity index (χ2v) is 14.8. The lowest BCUT2D eigenvalue weighted by molar-refractivity contribution is -0.162. The van der Waals surface area contributed by atoms with E-state index in [0.717, 1.165) is 18.4 Å². The molecule has 0 aromatic heterocycles. The van der Waals surface area contributed by atoms with Crippen LogP contribution in [0.4, 0.5) is 0 Å². The average molecular weight is 749 g/mol. The average Bonchev–Trinajstić information content (AvgIpc) is 3.71. The Hall–Kier alpha value is -3.80. The number of carbonyl (C=O) groups excluding carboxylic acids is 4. The van der Waals surface area contributed by atoms with E-state index in [1.54, 1.807) is 17.9 Å². The van der Waals surface area contributed by atoms with Crippen LogP contribution in [0.2, 0.25) is 0 Å². The van der Waals surface area contributed by atoms with Gasteiger partial charge in [-0.15, -0.1) is 0 Å². The predicted octanol–water partition coefficient (Wildman–Crippen LogP) is 4.62. The molecule has 9 atom stereocenters. The van der Waals surface area contributed by atoms with Gasteiger partial charge in [0, 0.05) is 23.5 Å². The molecule has 11 heteroatoms. The Bertz CT molecular complexity index is 1630. The molecule has 4 aliphatic heterocycles. The molecule has 266 valence electrons. The first kappa shape index (κ1) is 36.0. The molecule has 10 nitrogen and oxygen atoms in total. The number of aliphatic hydroxyl groups excluding tert-OH is 1. The summed E-state index contributed by atoms with van der Waals surface area (Å²) in [7, 11) is 0. The van der Waals surface area contributed by atoms with Crippen LogP contribution in [-0.2, 0) is 35.1 Å². The second kappa shape index (κ2) is 15.2. The van der Waals surface area contributed by atoms with Crippen molar-refractivity contribution < 1.29 is 33.8 Å². The molecule has 2 aromatic carbocycles. The number of rotatable bonds is 8. The van der Waals surface area contributed by atoms with Gasteiger partial charge < -0.3 is 29.7 Å². The highest BCUT2D eigenvalue weighted by molar-refractivity contribution is 9.11. The lowest BCUT2D eigenvalue weighted by atomic mass is 9.74. The highest BCUT2D eigenvalue weighted by atomic mass is 79.9. The third-order valence-corrected chi connectivity index (χ3v) is 11.2. The highest BCUT2D eigenvalue weighted by Gasteiger charge is 2.75. The maximum atomic E-state index is 15.1. The largest absolute Gasteiger partial charge is 0.455 e. The molecular formula is C39H46BrN3O7. The van der Waals surface area contributed by atoms with Gasteiger partial charge in [-0.1, -0.05) is 102 Å². The Morgan fingerprint density at radius 2 is 1.70 bits per heavy atom. The number of likely N-dealkylation sites (tertiary alicyclic amines) is 1. The van der Waals surface area contributed by atoms with Crippen molar-refractivity contribution >= 4 is 39.6 Å². The molecule has 0 aliphatic carbocycles. The zero-order valence-electron chi connectivity index (χ0n) is 28.7. The Morgan fingerprint density at radius 1 is 1.00 bits per heavy atom. The maximum absolute atomic E-state index is 15.1. The van der Waals surface area contributed by atoms with Gasteiger partial charge in [0.15, 0.2) is 0 Å². The van der Waals surface area contributed by atoms with E-state index in [9.17, 15) is 19.5 Å². The Kier molecular flexibility index (Phi) is 11.0. The number of nitrogens with zero attached hydrogens (tertiary/aromatic N) is 2. The number of hydrogen-bond donors (Lipinski definition) is 2. The zero-order valence-corrected chi connectivity index (χ0v) is 30.3. The van der Waals surface area contributed by atoms with Gasteiger partial charge in [-0.3, -0.25) is 19.2 Å². The number of aliphatic hydroxyl groups is 1. The molecule has 6 rings (SSSR count). The number of allylic oxidation sites excluding steroid dienone is 1. The molecule has 2 saturated heterocycles. The van der Waals surface area contributed by atoms with Crippen LogP contribution in [0, 0.1) is 11.8 Å². The molecule has 4 heterocycles. The van der Waals surface area contributed by atoms with Crippen LogP contribution in [0.1, 0.15) is 63.7 Å². The van der Waals surface area contributed by atoms with Crippen LogP contribution in [0.3, 0.4) is 0 Å². The van der Waals surface area contributed by atoms with E-state index in [2.05, 4.69) is 28.2 Å². The van der Waals surface area contributed by atoms with Gasteiger partial charge >= 0.3 is 5.97 Å². The van der Waals surface area contributed by atoms with Crippen LogP contribution in [0.15, 0.2) is 83.4 Å². The number of esters is 1. The summed E-state index contributed by atoms with van der Waals surface area (Å²) >= 11 is 3.63. The van der Waals surface area contributed by atoms with Crippen molar-refractivity contribution in [2.75, 3.05) is 13.2 Å². The topological polar surface area (TPSA) is 125 Å². The fourth-order valence-corrected chi connectivity index (χ4v) is 8.92. The summed E-state index contributed by atoms with van der Waals surface area (Å²) in [5.41, 5.74) is 0.111. The van der Waals surface area contributed by atoms with E-state index < -0.39 is 66.3 Å². The van der Waals surface area contributed by atoms with Crippen molar-refractivity contribution in [3.8, 4) is 0 Å². The van der Waals surface area contributed by atoms with Gasteiger partial charge in [0.2, 0.25) is 17.7 Å². The minimum absolute atomic E-state index is 0.184. The summed E-state index contributed by atoms with van der Waals surface area (Å²) in [5, 5.41) is 13.9. The first-order valence-corrected chi connectivity index (χ1v) is 18.4. The summed E-state index contributed by atoms with van der Waals surface area (Å²) in [6.07, 6.45) is 6.40. The molecule has 2 N–H and O–H groups in total. The maximum Gasteiger partial charge on any atom is 0.313 e. The molecule has 50 heavy (non-hydrogen) atoms. The Morgan fingerprint density at radius 3 is 2.38 bits per heavy atom. The van der Waals surface area contributed by atoms with E-state index in [0.29, 0.717) is 22.9 Å². The molecule has 4 aliphatic rings. The Balaban J connectivity index is 1.48. The van der Waals surface area contributed by atoms with Crippen LogP contribution in [0.5, 0.6) is 0 Å². The summed E-state index contributed by atoms with van der Waals surface area (Å²) in [6.45, 7) is 5.70. The molecule has 2 fully saturated rings. The van der Waals surface area contributed by atoms with Gasteiger partial charge in [0.05, 0.1) is 24.6 Å². The van der Waals surface area contributed by atoms with Crippen molar-refractivity contribution in [2.24, 2.45) is 11.8 Å². The quantitative estimate of drug-likeness (QED) is 0.298. The molecule has 3 amide bonds. The van der Waals surface area contributed by atoms with Gasteiger partial charge in [-0.2, -0.15) is 0 Å². The highest BCUT2D eigenvalue weighted by Crippen LogP contribution is 2.59. The number of hydrogen-bond acceptors (Lipinski definition) is 7. The number of benzene rings is 2. The van der Waals surface area contributed by atoms with Crippen molar-refractivity contribution in [3.63, 3.8) is 0 Å². The monoisotopic (exact) mass is 747 g/mol. The number of fused-ring (bicyclic) bond motifs is 2. The molecule has 5 bridgehead atoms. The van der Waals surface area contributed by atoms with Crippen LogP contribution in [-0.4, -0.2) is 87.6 Å². The number of cyclic esters (lactones) is 1. The number of halogens is 1. The minimum atomic E-state index is -1.48. The van der Waals surface area contributed by atoms with Gasteiger partial charge in [0.25, 0.3) is 0 Å². The summed E-state index contributed by atoms with van der Waals surface area (Å²) in [6, 6.07) is 16.0. The fourth-order valence-electron chi connectivity index (χ4n) is 8.18. The molecule has 1 unspecified atom stereocenters. The first-order valence-electron chi connectivity index (χ1n) is 17.6. The van der Waals surface area contributed by atoms with E-state index in [1.165, 1.54) is 4.90 Å². The minimum Gasteiger partial charge on any atom is -0.455 e. The Labute approximate surface area is 302 Å². The zero-order chi connectivity index (χ0) is 35.6. The lowest BCUT2D eigenvalue weighted by Gasteiger charge is -2.40. The molecule has 0 saturated carbocycles. The smallest absolute Gasteiger partial charge is 0.313 e. The van der Waals surface area contributed by atoms with Gasteiger partial charge in [0.1, 0.15) is 29.8 Å². The number of amides is 3. The van der Waals surface area contributed by atoms with Crippen LogP contribution < -0.4 is 5.32 Å². The number of ether oxygens (including phenoxy) is 2. The summed E-state index contributed by atoms with van der Waals surface area (Å²) < 4.78 is 13.5. The number of carbonyl (C=O) groups is 4. The predicted molar refractivity (Wildman–Crippen MR) is 191 cm³/mol. The molecule has 2 aromatic rings. The number of nitrogens with one attached hydrogen (secondary N) is 1. The van der Waals surface area contributed by atoms with Crippen LogP contribution >= 0.6 is 15.9 Å². The fraction of sp³-hybridized carbons (Fsp3) is 0.487. The van der Waals surface area contributed by atoms with E-state index in [1.807, 2.05) is 79.7 Å². The van der Waals surface area contributed by atoms with E-state index in [4.69, 9.17) is 9.47 Å². The van der Waals surface area contributed by atoms with Crippen molar-refractivity contribution in [1.82, 2.24) is 15.1 Å². The van der Waals surface area contributed by atoms with Gasteiger partial charge in [-0.25, -0.2) is 0 Å². The summed E-state index contributed by atoms with van der Waals surface area (Å²) in [4.78, 5) is 60.8. The molecular weight excluding hydrogens is 702 g/mol. The van der Waals surface area contributed by atoms with Crippen LogP contribution in [0.25, 0.3) is 0 Å². The van der Waals surface area contributed by atoms with Crippen molar-refractivity contribution in [3.05, 3.63) is 94.5 Å². The molecule has 1 spiro atoms. The SMILES string of the molecule is CCCC(C)N1C/C=C\CCC(=O)N[C@H](C)[C@@H](c2ccccc2)OC(=O)[C@@H]2[C@H]3O[C@@]4(C=C3Br)[C@H](C1=O)N([C@@H](CO)Cc1ccccc1)C(=O)[C@@H]24.